The molecule has 1 aromatic rings. The van der Waals surface area contributed by atoms with Gasteiger partial charge in [0.25, 0.3) is 5.91 Å². The first-order valence-corrected chi connectivity index (χ1v) is 5.21. The lowest BCUT2D eigenvalue weighted by Crippen LogP contribution is -2.38. The summed E-state index contributed by atoms with van der Waals surface area (Å²) >= 11 is 1.26. The highest BCUT2D eigenvalue weighted by Gasteiger charge is 2.16. The minimum Gasteiger partial charge on any atom is -0.409 e. The number of thiazole rings is 1. The van der Waals surface area contributed by atoms with Gasteiger partial charge in [0, 0.05) is 6.54 Å². The van der Waals surface area contributed by atoms with Crippen LogP contribution in [0.1, 0.15) is 16.6 Å². The van der Waals surface area contributed by atoms with Crippen LogP contribution in [-0.4, -0.2) is 39.9 Å². The van der Waals surface area contributed by atoms with Crippen LogP contribution in [0.5, 0.6) is 0 Å². The highest BCUT2D eigenvalue weighted by Crippen LogP contribution is 2.09. The number of carbonyl (C=O) groups is 1. The van der Waals surface area contributed by atoms with Gasteiger partial charge in [-0.25, -0.2) is 0 Å². The van der Waals surface area contributed by atoms with Crippen molar-refractivity contribution in [2.45, 2.75) is 6.92 Å². The van der Waals surface area contributed by atoms with Crippen molar-refractivity contribution in [1.82, 2.24) is 9.88 Å². The molecule has 0 radical (unpaired) electrons. The van der Waals surface area contributed by atoms with Crippen LogP contribution >= 0.6 is 11.3 Å². The van der Waals surface area contributed by atoms with Gasteiger partial charge >= 0.3 is 0 Å². The predicted molar refractivity (Wildman–Crippen MR) is 57.1 cm³/mol. The lowest BCUT2D eigenvalue weighted by molar-refractivity contribution is 0.0790. The molecule has 82 valence electrons. The second kappa shape index (κ2) is 5.30. The van der Waals surface area contributed by atoms with Gasteiger partial charge in [-0.05, 0) is 6.92 Å². The largest absolute Gasteiger partial charge is 0.409 e. The minimum absolute atomic E-state index is 0.00900. The molecule has 0 aromatic carbocycles. The highest BCUT2D eigenvalue weighted by atomic mass is 32.1. The summed E-state index contributed by atoms with van der Waals surface area (Å²) in [5.41, 5.74) is 6.92. The number of oxime groups is 1. The first-order chi connectivity index (χ1) is 7.19. The van der Waals surface area contributed by atoms with Crippen LogP contribution < -0.4 is 5.73 Å². The maximum Gasteiger partial charge on any atom is 0.265 e. The SMILES string of the molecule is CCN(CC(N)=NO)C(=O)c1cncs1. The molecule has 3 N–H and O–H groups in total. The van der Waals surface area contributed by atoms with E-state index in [0.717, 1.165) is 0 Å². The van der Waals surface area contributed by atoms with E-state index in [-0.39, 0.29) is 18.3 Å². The molecule has 0 aliphatic heterocycles. The van der Waals surface area contributed by atoms with E-state index in [0.29, 0.717) is 11.4 Å². The van der Waals surface area contributed by atoms with Crippen LogP contribution in [0.4, 0.5) is 0 Å². The van der Waals surface area contributed by atoms with Crippen molar-refractivity contribution in [2.75, 3.05) is 13.1 Å². The fourth-order valence-electron chi connectivity index (χ4n) is 1.03. The molecule has 0 saturated carbocycles. The molecular weight excluding hydrogens is 216 g/mol. The molecule has 0 atom stereocenters. The van der Waals surface area contributed by atoms with Crippen LogP contribution in [0.2, 0.25) is 0 Å². The number of nitrogens with two attached hydrogens (primary N) is 1. The van der Waals surface area contributed by atoms with E-state index in [1.165, 1.54) is 22.4 Å². The summed E-state index contributed by atoms with van der Waals surface area (Å²) in [5, 5.41) is 11.2. The average Bonchev–Trinajstić information content (AvgIpc) is 2.77. The average molecular weight is 228 g/mol. The first kappa shape index (κ1) is 11.4. The van der Waals surface area contributed by atoms with Gasteiger partial charge in [-0.15, -0.1) is 11.3 Å². The third-order valence-electron chi connectivity index (χ3n) is 1.79. The van der Waals surface area contributed by atoms with E-state index >= 15 is 0 Å². The minimum atomic E-state index is -0.161. The van der Waals surface area contributed by atoms with Crippen molar-refractivity contribution in [1.29, 1.82) is 0 Å². The molecule has 1 amide bonds. The Labute approximate surface area is 91.0 Å². The Bertz CT molecular complexity index is 350. The summed E-state index contributed by atoms with van der Waals surface area (Å²) < 4.78 is 0. The van der Waals surface area contributed by atoms with Crippen LogP contribution in [-0.2, 0) is 0 Å². The van der Waals surface area contributed by atoms with Crippen LogP contribution in [0.15, 0.2) is 16.9 Å². The second-order valence-electron chi connectivity index (χ2n) is 2.78. The molecule has 6 nitrogen and oxygen atoms in total. The number of hydrogen-bond donors (Lipinski definition) is 2. The monoisotopic (exact) mass is 228 g/mol. The normalized spacial score (nSPS) is 11.4. The molecule has 1 heterocycles. The highest BCUT2D eigenvalue weighted by molar-refractivity contribution is 7.11. The number of nitrogens with zero attached hydrogens (tertiary/aromatic N) is 3. The Morgan fingerprint density at radius 1 is 1.80 bits per heavy atom. The summed E-state index contributed by atoms with van der Waals surface area (Å²) in [5.74, 6) is -0.152. The molecule has 0 fully saturated rings. The molecule has 1 aromatic heterocycles. The van der Waals surface area contributed by atoms with Crippen LogP contribution in [0, 0.1) is 0 Å². The molecule has 0 unspecified atom stereocenters. The number of carbonyl (C=O) groups excluding carboxylic acids is 1. The number of amidine groups is 1. The van der Waals surface area contributed by atoms with Gasteiger partial charge in [-0.1, -0.05) is 5.16 Å². The summed E-state index contributed by atoms with van der Waals surface area (Å²) in [7, 11) is 0. The Morgan fingerprint density at radius 3 is 3.00 bits per heavy atom. The third-order valence-corrected chi connectivity index (χ3v) is 2.55. The van der Waals surface area contributed by atoms with Gasteiger partial charge in [0.15, 0.2) is 5.84 Å². The van der Waals surface area contributed by atoms with E-state index < -0.39 is 0 Å². The maximum absolute atomic E-state index is 11.8. The van der Waals surface area contributed by atoms with Crippen molar-refractivity contribution in [3.63, 3.8) is 0 Å². The number of amides is 1. The second-order valence-corrected chi connectivity index (χ2v) is 3.66. The topological polar surface area (TPSA) is 91.8 Å². The quantitative estimate of drug-likeness (QED) is 0.336. The Hall–Kier alpha value is -1.63. The van der Waals surface area contributed by atoms with Gasteiger partial charge in [0.05, 0.1) is 18.3 Å². The van der Waals surface area contributed by atoms with Gasteiger partial charge in [-0.2, -0.15) is 0 Å². The van der Waals surface area contributed by atoms with E-state index in [4.69, 9.17) is 10.9 Å². The predicted octanol–water partition coefficient (Wildman–Crippen LogP) is 0.352. The Morgan fingerprint density at radius 2 is 2.53 bits per heavy atom. The van der Waals surface area contributed by atoms with Crippen LogP contribution in [0.3, 0.4) is 0 Å². The smallest absolute Gasteiger partial charge is 0.265 e. The van der Waals surface area contributed by atoms with Crippen molar-refractivity contribution in [2.24, 2.45) is 10.9 Å². The van der Waals surface area contributed by atoms with Gasteiger partial charge < -0.3 is 15.8 Å². The van der Waals surface area contributed by atoms with Crippen molar-refractivity contribution in [3.8, 4) is 0 Å². The van der Waals surface area contributed by atoms with E-state index in [2.05, 4.69) is 10.1 Å². The number of rotatable bonds is 4. The molecular formula is C8H12N4O2S. The molecule has 0 spiro atoms. The number of likely N-dealkylation sites (N-methyl/N-ethyl adjacent to an activating group) is 1. The van der Waals surface area contributed by atoms with Gasteiger partial charge in [0.1, 0.15) is 4.88 Å². The van der Waals surface area contributed by atoms with Crippen LogP contribution in [0.25, 0.3) is 0 Å². The molecule has 1 rings (SSSR count). The first-order valence-electron chi connectivity index (χ1n) is 4.33. The lowest BCUT2D eigenvalue weighted by Gasteiger charge is -2.18. The van der Waals surface area contributed by atoms with E-state index in [1.807, 2.05) is 6.92 Å². The Balaban J connectivity index is 2.71. The zero-order valence-corrected chi connectivity index (χ0v) is 9.07. The Kier molecular flexibility index (Phi) is 4.04. The number of hydrogen-bond acceptors (Lipinski definition) is 5. The molecule has 7 heteroatoms. The molecule has 0 bridgehead atoms. The van der Waals surface area contributed by atoms with Crippen molar-refractivity contribution >= 4 is 23.1 Å². The fourth-order valence-corrected chi connectivity index (χ4v) is 1.62. The van der Waals surface area contributed by atoms with Gasteiger partial charge in [-0.3, -0.25) is 9.78 Å². The summed E-state index contributed by atoms with van der Waals surface area (Å²) in [6.07, 6.45) is 1.50. The standard InChI is InChI=1S/C8H12N4O2S/c1-2-12(4-7(9)11-14)8(13)6-3-10-5-15-6/h3,5,14H,2,4H2,1H3,(H2,9,11). The lowest BCUT2D eigenvalue weighted by atomic mass is 10.4. The zero-order valence-electron chi connectivity index (χ0n) is 8.25. The summed E-state index contributed by atoms with van der Waals surface area (Å²) in [6.45, 7) is 2.43. The van der Waals surface area contributed by atoms with E-state index in [1.54, 1.807) is 5.51 Å². The van der Waals surface area contributed by atoms with Crippen molar-refractivity contribution in [3.05, 3.63) is 16.6 Å². The fraction of sp³-hybridized carbons (Fsp3) is 0.375. The van der Waals surface area contributed by atoms with Crippen molar-refractivity contribution < 1.29 is 10.0 Å². The summed E-state index contributed by atoms with van der Waals surface area (Å²) in [4.78, 5) is 17.6. The maximum atomic E-state index is 11.8. The molecule has 0 aliphatic rings. The zero-order chi connectivity index (χ0) is 11.3. The molecule has 0 saturated heterocycles. The summed E-state index contributed by atoms with van der Waals surface area (Å²) in [6, 6.07) is 0. The third kappa shape index (κ3) is 2.91. The van der Waals surface area contributed by atoms with E-state index in [9.17, 15) is 4.79 Å². The number of aromatic nitrogens is 1. The molecule has 0 aliphatic carbocycles. The van der Waals surface area contributed by atoms with Gasteiger partial charge in [0.2, 0.25) is 0 Å². The molecule has 15 heavy (non-hydrogen) atoms.